The number of aromatic nitrogens is 2. The molecule has 1 atom stereocenters. The van der Waals surface area contributed by atoms with E-state index in [0.29, 0.717) is 17.2 Å². The van der Waals surface area contributed by atoms with E-state index in [-0.39, 0.29) is 24.3 Å². The van der Waals surface area contributed by atoms with Crippen LogP contribution in [-0.4, -0.2) is 35.0 Å². The Balaban J connectivity index is 1.90. The minimum absolute atomic E-state index is 0.00758. The maximum absolute atomic E-state index is 12.9. The van der Waals surface area contributed by atoms with Gasteiger partial charge in [-0.1, -0.05) is 43.7 Å². The number of hydrogen-bond donors (Lipinski definition) is 2. The minimum atomic E-state index is -0.557. The number of rotatable bonds is 7. The number of carbonyl (C=O) groups is 2. The summed E-state index contributed by atoms with van der Waals surface area (Å²) in [5.74, 6) is 0.455. The van der Waals surface area contributed by atoms with E-state index in [9.17, 15) is 9.59 Å². The predicted molar refractivity (Wildman–Crippen MR) is 126 cm³/mol. The van der Waals surface area contributed by atoms with E-state index in [0.717, 1.165) is 27.6 Å². The largest absolute Gasteiger partial charge is 0.467 e. The van der Waals surface area contributed by atoms with Gasteiger partial charge in [0.05, 0.1) is 19.2 Å². The molecule has 0 saturated heterocycles. The summed E-state index contributed by atoms with van der Waals surface area (Å²) in [5, 5.41) is 6.95. The second-order valence-corrected chi connectivity index (χ2v) is 8.35. The van der Waals surface area contributed by atoms with Gasteiger partial charge in [0.25, 0.3) is 5.91 Å². The fraction of sp³-hybridized carbons (Fsp3) is 0.360. The number of ether oxygens (including phenoxy) is 1. The Bertz CT molecular complexity index is 1130. The summed E-state index contributed by atoms with van der Waals surface area (Å²) in [6, 6.07) is 11.0. The molecule has 168 valence electrons. The van der Waals surface area contributed by atoms with E-state index in [1.165, 1.54) is 7.11 Å². The van der Waals surface area contributed by atoms with E-state index in [2.05, 4.69) is 20.6 Å². The van der Waals surface area contributed by atoms with E-state index < -0.39 is 6.04 Å². The molecule has 0 unspecified atom stereocenters. The fourth-order valence-electron chi connectivity index (χ4n) is 3.87. The number of nitrogens with zero attached hydrogens (tertiary/aromatic N) is 2. The molecule has 3 rings (SSSR count). The van der Waals surface area contributed by atoms with Crippen molar-refractivity contribution < 1.29 is 14.3 Å². The van der Waals surface area contributed by atoms with E-state index in [1.807, 2.05) is 71.0 Å². The average molecular weight is 435 g/mol. The van der Waals surface area contributed by atoms with Crippen molar-refractivity contribution in [1.29, 1.82) is 0 Å². The summed E-state index contributed by atoms with van der Waals surface area (Å²) < 4.78 is 4.95. The Hall–Kier alpha value is -3.48. The highest BCUT2D eigenvalue weighted by atomic mass is 16.5. The van der Waals surface area contributed by atoms with Gasteiger partial charge in [-0.15, -0.1) is 0 Å². The molecule has 0 bridgehead atoms. The first-order valence-corrected chi connectivity index (χ1v) is 10.7. The number of aryl methyl sites for hydroxylation is 3. The van der Waals surface area contributed by atoms with Crippen LogP contribution in [0.4, 0.5) is 5.82 Å². The Kier molecular flexibility index (Phi) is 7.08. The molecule has 7 nitrogen and oxygen atoms in total. The molecule has 1 heterocycles. The molecular weight excluding hydrogens is 404 g/mol. The van der Waals surface area contributed by atoms with Crippen LogP contribution in [0, 0.1) is 26.7 Å². The zero-order valence-electron chi connectivity index (χ0n) is 19.4. The number of benzene rings is 2. The van der Waals surface area contributed by atoms with E-state index >= 15 is 0 Å². The number of fused-ring (bicyclic) bond motifs is 1. The average Bonchev–Trinajstić information content (AvgIpc) is 2.74. The topological polar surface area (TPSA) is 93.2 Å². The molecule has 32 heavy (non-hydrogen) atoms. The lowest BCUT2D eigenvalue weighted by atomic mass is 9.99. The number of nitrogens with one attached hydrogen (secondary N) is 2. The first-order chi connectivity index (χ1) is 15.2. The number of hydrogen-bond acceptors (Lipinski definition) is 6. The second-order valence-electron chi connectivity index (χ2n) is 8.35. The molecular formula is C25H30N4O3. The Morgan fingerprint density at radius 2 is 1.69 bits per heavy atom. The number of esters is 1. The van der Waals surface area contributed by atoms with Gasteiger partial charge in [-0.25, -0.2) is 14.8 Å². The molecule has 3 aromatic rings. The van der Waals surface area contributed by atoms with Crippen molar-refractivity contribution in [2.75, 3.05) is 12.4 Å². The van der Waals surface area contributed by atoms with E-state index in [1.54, 1.807) is 0 Å². The maximum atomic E-state index is 12.9. The summed E-state index contributed by atoms with van der Waals surface area (Å²) >= 11 is 0. The third-order valence-corrected chi connectivity index (χ3v) is 5.37. The van der Waals surface area contributed by atoms with Crippen molar-refractivity contribution in [2.24, 2.45) is 5.92 Å². The molecule has 0 aliphatic heterocycles. The van der Waals surface area contributed by atoms with Crippen molar-refractivity contribution >= 4 is 28.6 Å². The van der Waals surface area contributed by atoms with Crippen LogP contribution in [0.3, 0.4) is 0 Å². The van der Waals surface area contributed by atoms with E-state index in [4.69, 9.17) is 4.74 Å². The zero-order chi connectivity index (χ0) is 23.4. The van der Waals surface area contributed by atoms with Crippen LogP contribution in [0.5, 0.6) is 0 Å². The van der Waals surface area contributed by atoms with Gasteiger partial charge in [0.1, 0.15) is 11.9 Å². The van der Waals surface area contributed by atoms with Crippen LogP contribution < -0.4 is 10.6 Å². The van der Waals surface area contributed by atoms with Gasteiger partial charge in [0.2, 0.25) is 0 Å². The molecule has 2 aromatic carbocycles. The molecule has 0 saturated carbocycles. The van der Waals surface area contributed by atoms with Gasteiger partial charge in [0.15, 0.2) is 5.82 Å². The standard InChI is InChI=1S/C25H30N4O3/c1-14(2)22(25(31)32-6)29-23-18-9-7-8-10-19(18)27-20(28-23)13-26-24(30)21-16(4)11-15(3)12-17(21)5/h7-12,14,22H,13H2,1-6H3,(H,26,30)(H,27,28,29)/t22-/m0/s1. The Labute approximate surface area is 188 Å². The first kappa shape index (κ1) is 23.2. The lowest BCUT2D eigenvalue weighted by Crippen LogP contribution is -2.36. The van der Waals surface area contributed by atoms with Gasteiger partial charge >= 0.3 is 5.97 Å². The maximum Gasteiger partial charge on any atom is 0.328 e. The molecule has 1 aromatic heterocycles. The lowest BCUT2D eigenvalue weighted by molar-refractivity contribution is -0.142. The van der Waals surface area contributed by atoms with Gasteiger partial charge in [-0.05, 0) is 49.9 Å². The quantitative estimate of drug-likeness (QED) is 0.544. The summed E-state index contributed by atoms with van der Waals surface area (Å²) in [6.45, 7) is 9.91. The lowest BCUT2D eigenvalue weighted by Gasteiger charge is -2.21. The number of methoxy groups -OCH3 is 1. The Morgan fingerprint density at radius 1 is 1.03 bits per heavy atom. The first-order valence-electron chi connectivity index (χ1n) is 10.7. The van der Waals surface area contributed by atoms with Crippen molar-refractivity contribution in [3.63, 3.8) is 0 Å². The molecule has 0 aliphatic carbocycles. The van der Waals surface area contributed by atoms with Crippen LogP contribution in [0.25, 0.3) is 10.9 Å². The van der Waals surface area contributed by atoms with Crippen LogP contribution in [0.2, 0.25) is 0 Å². The van der Waals surface area contributed by atoms with Crippen LogP contribution in [0.15, 0.2) is 36.4 Å². The third-order valence-electron chi connectivity index (χ3n) is 5.37. The SMILES string of the molecule is COC(=O)[C@@H](Nc1nc(CNC(=O)c2c(C)cc(C)cc2C)nc2ccccc12)C(C)C. The van der Waals surface area contributed by atoms with Gasteiger partial charge in [-0.2, -0.15) is 0 Å². The molecule has 7 heteroatoms. The molecule has 1 amide bonds. The van der Waals surface area contributed by atoms with Crippen molar-refractivity contribution in [3.05, 3.63) is 64.5 Å². The third kappa shape index (κ3) is 5.04. The van der Waals surface area contributed by atoms with Crippen molar-refractivity contribution in [2.45, 2.75) is 47.2 Å². The summed E-state index contributed by atoms with van der Waals surface area (Å²) in [6.07, 6.45) is 0. The summed E-state index contributed by atoms with van der Waals surface area (Å²) in [7, 11) is 1.37. The number of carbonyl (C=O) groups excluding carboxylic acids is 2. The van der Waals surface area contributed by atoms with Gasteiger partial charge < -0.3 is 15.4 Å². The minimum Gasteiger partial charge on any atom is -0.467 e. The fourth-order valence-corrected chi connectivity index (χ4v) is 3.87. The van der Waals surface area contributed by atoms with Crippen LogP contribution >= 0.6 is 0 Å². The highest BCUT2D eigenvalue weighted by Crippen LogP contribution is 2.23. The van der Waals surface area contributed by atoms with Crippen molar-refractivity contribution in [3.8, 4) is 0 Å². The smallest absolute Gasteiger partial charge is 0.328 e. The molecule has 0 fully saturated rings. The second kappa shape index (κ2) is 9.77. The monoisotopic (exact) mass is 434 g/mol. The van der Waals surface area contributed by atoms with Crippen molar-refractivity contribution in [1.82, 2.24) is 15.3 Å². The van der Waals surface area contributed by atoms with Gasteiger partial charge in [-0.3, -0.25) is 4.79 Å². The summed E-state index contributed by atoms with van der Waals surface area (Å²) in [5.41, 5.74) is 4.37. The van der Waals surface area contributed by atoms with Gasteiger partial charge in [0, 0.05) is 10.9 Å². The molecule has 0 radical (unpaired) electrons. The molecule has 2 N–H and O–H groups in total. The summed E-state index contributed by atoms with van der Waals surface area (Å²) in [4.78, 5) is 34.3. The number of anilines is 1. The highest BCUT2D eigenvalue weighted by Gasteiger charge is 2.24. The number of amides is 1. The predicted octanol–water partition coefficient (Wildman–Crippen LogP) is 4.09. The zero-order valence-corrected chi connectivity index (χ0v) is 19.4. The highest BCUT2D eigenvalue weighted by molar-refractivity contribution is 5.97. The Morgan fingerprint density at radius 3 is 2.31 bits per heavy atom. The van der Waals surface area contributed by atoms with Crippen LogP contribution in [0.1, 0.15) is 46.7 Å². The molecule has 0 spiro atoms. The molecule has 0 aliphatic rings. The number of para-hydroxylation sites is 1. The van der Waals surface area contributed by atoms with Crippen LogP contribution in [-0.2, 0) is 16.1 Å². The normalized spacial score (nSPS) is 12.0.